The van der Waals surface area contributed by atoms with Crippen LogP contribution in [0.25, 0.3) is 0 Å². The maximum atomic E-state index is 3.54. The number of hydrogen-bond donors (Lipinski definition) is 0. The molecule has 0 radical (unpaired) electrons. The second kappa shape index (κ2) is 4.35. The van der Waals surface area contributed by atoms with Gasteiger partial charge in [0.2, 0.25) is 0 Å². The SMILES string of the molecule is BrCCCC1=C(Br)CC=C1. The van der Waals surface area contributed by atoms with E-state index in [1.54, 1.807) is 0 Å². The highest BCUT2D eigenvalue weighted by atomic mass is 79.9. The van der Waals surface area contributed by atoms with Crippen LogP contribution in [0.5, 0.6) is 0 Å². The first-order valence-electron chi connectivity index (χ1n) is 3.44. The Morgan fingerprint density at radius 3 is 2.80 bits per heavy atom. The zero-order chi connectivity index (χ0) is 7.40. The summed E-state index contributed by atoms with van der Waals surface area (Å²) in [4.78, 5) is 0. The molecule has 0 saturated carbocycles. The lowest BCUT2D eigenvalue weighted by atomic mass is 10.2. The van der Waals surface area contributed by atoms with Crippen molar-refractivity contribution in [3.8, 4) is 0 Å². The van der Waals surface area contributed by atoms with Crippen LogP contribution >= 0.6 is 31.9 Å². The van der Waals surface area contributed by atoms with E-state index in [4.69, 9.17) is 0 Å². The van der Waals surface area contributed by atoms with Crippen molar-refractivity contribution in [3.05, 3.63) is 22.2 Å². The van der Waals surface area contributed by atoms with Gasteiger partial charge in [0.15, 0.2) is 0 Å². The number of allylic oxidation sites excluding steroid dienone is 4. The maximum Gasteiger partial charge on any atom is 0.00344 e. The summed E-state index contributed by atoms with van der Waals surface area (Å²) < 4.78 is 1.37. The zero-order valence-electron chi connectivity index (χ0n) is 5.74. The van der Waals surface area contributed by atoms with Gasteiger partial charge >= 0.3 is 0 Å². The van der Waals surface area contributed by atoms with Crippen LogP contribution in [0.1, 0.15) is 19.3 Å². The Morgan fingerprint density at radius 1 is 1.50 bits per heavy atom. The molecule has 0 saturated heterocycles. The maximum absolute atomic E-state index is 3.54. The minimum atomic E-state index is 1.09. The monoisotopic (exact) mass is 264 g/mol. The average molecular weight is 266 g/mol. The van der Waals surface area contributed by atoms with Crippen molar-refractivity contribution in [2.45, 2.75) is 19.3 Å². The second-order valence-corrected chi connectivity index (χ2v) is 4.08. The van der Waals surface area contributed by atoms with Crippen LogP contribution in [0, 0.1) is 0 Å². The molecular formula is C8H10Br2. The zero-order valence-corrected chi connectivity index (χ0v) is 8.91. The molecule has 0 unspecified atom stereocenters. The van der Waals surface area contributed by atoms with Gasteiger partial charge in [-0.25, -0.2) is 0 Å². The summed E-state index contributed by atoms with van der Waals surface area (Å²) >= 11 is 6.95. The van der Waals surface area contributed by atoms with Gasteiger partial charge in [0.1, 0.15) is 0 Å². The lowest BCUT2D eigenvalue weighted by Gasteiger charge is -1.97. The van der Waals surface area contributed by atoms with E-state index in [0.717, 1.165) is 11.8 Å². The van der Waals surface area contributed by atoms with Crippen molar-refractivity contribution in [2.24, 2.45) is 0 Å². The molecule has 10 heavy (non-hydrogen) atoms. The van der Waals surface area contributed by atoms with E-state index >= 15 is 0 Å². The highest BCUT2D eigenvalue weighted by Crippen LogP contribution is 2.27. The van der Waals surface area contributed by atoms with Crippen molar-refractivity contribution in [3.63, 3.8) is 0 Å². The standard InChI is InChI=1S/C8H10Br2/c9-6-2-4-7-3-1-5-8(7)10/h1,3H,2,4-6H2. The minimum absolute atomic E-state index is 1.09. The molecule has 1 aliphatic carbocycles. The Kier molecular flexibility index (Phi) is 3.71. The quantitative estimate of drug-likeness (QED) is 0.682. The molecule has 0 aromatic heterocycles. The number of halogens is 2. The fourth-order valence-corrected chi connectivity index (χ4v) is 1.80. The summed E-state index contributed by atoms with van der Waals surface area (Å²) in [6, 6.07) is 0. The van der Waals surface area contributed by atoms with Crippen molar-refractivity contribution in [1.82, 2.24) is 0 Å². The fourth-order valence-electron chi connectivity index (χ4n) is 1.00. The minimum Gasteiger partial charge on any atom is -0.0928 e. The summed E-state index contributed by atoms with van der Waals surface area (Å²) in [6.45, 7) is 0. The normalized spacial score (nSPS) is 17.0. The molecule has 0 fully saturated rings. The van der Waals surface area contributed by atoms with E-state index in [1.165, 1.54) is 22.9 Å². The van der Waals surface area contributed by atoms with Crippen LogP contribution in [0.2, 0.25) is 0 Å². The summed E-state index contributed by atoms with van der Waals surface area (Å²) in [5.74, 6) is 0. The van der Waals surface area contributed by atoms with Gasteiger partial charge in [-0.1, -0.05) is 44.0 Å². The van der Waals surface area contributed by atoms with Crippen LogP contribution in [-0.2, 0) is 0 Å². The molecular weight excluding hydrogens is 256 g/mol. The summed E-state index contributed by atoms with van der Waals surface area (Å²) in [7, 11) is 0. The van der Waals surface area contributed by atoms with E-state index in [2.05, 4.69) is 44.0 Å². The Labute approximate surface area is 78.6 Å². The molecule has 56 valence electrons. The van der Waals surface area contributed by atoms with E-state index in [0.29, 0.717) is 0 Å². The highest BCUT2D eigenvalue weighted by Gasteiger charge is 2.04. The molecule has 0 N–H and O–H groups in total. The summed E-state index contributed by atoms with van der Waals surface area (Å²) in [5.41, 5.74) is 1.47. The summed E-state index contributed by atoms with van der Waals surface area (Å²) in [6.07, 6.45) is 7.94. The van der Waals surface area contributed by atoms with Gasteiger partial charge in [-0.3, -0.25) is 0 Å². The van der Waals surface area contributed by atoms with Crippen molar-refractivity contribution < 1.29 is 0 Å². The lowest BCUT2D eigenvalue weighted by Crippen LogP contribution is -1.79. The van der Waals surface area contributed by atoms with Crippen LogP contribution in [0.15, 0.2) is 22.2 Å². The van der Waals surface area contributed by atoms with Crippen LogP contribution < -0.4 is 0 Å². The first kappa shape index (κ1) is 8.54. The van der Waals surface area contributed by atoms with E-state index in [1.807, 2.05) is 0 Å². The Bertz CT molecular complexity index is 168. The third-order valence-electron chi connectivity index (χ3n) is 1.54. The molecule has 0 bridgehead atoms. The van der Waals surface area contributed by atoms with Crippen molar-refractivity contribution in [1.29, 1.82) is 0 Å². The molecule has 0 aromatic rings. The third-order valence-corrected chi connectivity index (χ3v) is 2.94. The smallest absolute Gasteiger partial charge is 0.00344 e. The van der Waals surface area contributed by atoms with Gasteiger partial charge in [-0.15, -0.1) is 0 Å². The van der Waals surface area contributed by atoms with Crippen LogP contribution in [-0.4, -0.2) is 5.33 Å². The molecule has 0 spiro atoms. The van der Waals surface area contributed by atoms with Crippen LogP contribution in [0.4, 0.5) is 0 Å². The third kappa shape index (κ3) is 2.24. The average Bonchev–Trinajstić information content (AvgIpc) is 2.31. The van der Waals surface area contributed by atoms with E-state index in [9.17, 15) is 0 Å². The molecule has 2 heteroatoms. The molecule has 0 aromatic carbocycles. The van der Waals surface area contributed by atoms with E-state index < -0.39 is 0 Å². The van der Waals surface area contributed by atoms with Gasteiger partial charge < -0.3 is 0 Å². The summed E-state index contributed by atoms with van der Waals surface area (Å²) in [5, 5.41) is 1.10. The molecule has 1 aliphatic rings. The first-order chi connectivity index (χ1) is 4.84. The molecule has 0 amide bonds. The fraction of sp³-hybridized carbons (Fsp3) is 0.500. The lowest BCUT2D eigenvalue weighted by molar-refractivity contribution is 0.944. The highest BCUT2D eigenvalue weighted by molar-refractivity contribution is 9.11. The predicted octanol–water partition coefficient (Wildman–Crippen LogP) is 3.77. The van der Waals surface area contributed by atoms with Gasteiger partial charge in [0.25, 0.3) is 0 Å². The van der Waals surface area contributed by atoms with E-state index in [-0.39, 0.29) is 0 Å². The van der Waals surface area contributed by atoms with Gasteiger partial charge in [-0.2, -0.15) is 0 Å². The Hall–Kier alpha value is 0.440. The number of hydrogen-bond acceptors (Lipinski definition) is 0. The van der Waals surface area contributed by atoms with Crippen molar-refractivity contribution in [2.75, 3.05) is 5.33 Å². The topological polar surface area (TPSA) is 0 Å². The molecule has 0 atom stereocenters. The Morgan fingerprint density at radius 2 is 2.30 bits per heavy atom. The number of alkyl halides is 1. The molecule has 0 nitrogen and oxygen atoms in total. The molecule has 1 rings (SSSR count). The number of rotatable bonds is 3. The second-order valence-electron chi connectivity index (χ2n) is 2.33. The molecule has 0 heterocycles. The van der Waals surface area contributed by atoms with Gasteiger partial charge in [-0.05, 0) is 24.8 Å². The van der Waals surface area contributed by atoms with Crippen molar-refractivity contribution >= 4 is 31.9 Å². The van der Waals surface area contributed by atoms with Crippen LogP contribution in [0.3, 0.4) is 0 Å². The largest absolute Gasteiger partial charge is 0.0928 e. The van der Waals surface area contributed by atoms with Gasteiger partial charge in [0.05, 0.1) is 0 Å². The predicted molar refractivity (Wildman–Crippen MR) is 52.7 cm³/mol. The molecule has 0 aliphatic heterocycles. The Balaban J connectivity index is 2.38. The first-order valence-corrected chi connectivity index (χ1v) is 5.36. The van der Waals surface area contributed by atoms with Gasteiger partial charge in [0, 0.05) is 9.81 Å².